The monoisotopic (exact) mass is 258 g/mol. The SMILES string of the molecule is CC1CCCC(OP(Cl)Cl)C1.CCC. The molecule has 0 spiro atoms. The van der Waals surface area contributed by atoms with Gasteiger partial charge in [-0.2, -0.15) is 0 Å². The van der Waals surface area contributed by atoms with Crippen LogP contribution in [0.15, 0.2) is 0 Å². The van der Waals surface area contributed by atoms with Gasteiger partial charge in [0, 0.05) is 0 Å². The van der Waals surface area contributed by atoms with Crippen LogP contribution in [-0.4, -0.2) is 6.10 Å². The highest BCUT2D eigenvalue weighted by atomic mass is 35.9. The normalized spacial score (nSPS) is 27.0. The maximum atomic E-state index is 5.57. The largest absolute Gasteiger partial charge is 0.328 e. The van der Waals surface area contributed by atoms with E-state index in [0.29, 0.717) is 6.10 Å². The average Bonchev–Trinajstić information content (AvgIpc) is 2.03. The molecule has 0 aromatic carbocycles. The lowest BCUT2D eigenvalue weighted by Gasteiger charge is -2.26. The molecule has 0 amide bonds. The van der Waals surface area contributed by atoms with Gasteiger partial charge in [-0.25, -0.2) is 0 Å². The van der Waals surface area contributed by atoms with E-state index >= 15 is 0 Å². The molecular formula is C10H21Cl2OP. The number of hydrogen-bond acceptors (Lipinski definition) is 1. The smallest absolute Gasteiger partial charge is 0.225 e. The Kier molecular flexibility index (Phi) is 9.85. The third kappa shape index (κ3) is 8.29. The van der Waals surface area contributed by atoms with E-state index in [4.69, 9.17) is 27.0 Å². The molecule has 2 unspecified atom stereocenters. The third-order valence-corrected chi connectivity index (χ3v) is 3.05. The highest BCUT2D eigenvalue weighted by Crippen LogP contribution is 2.50. The van der Waals surface area contributed by atoms with Gasteiger partial charge in [-0.3, -0.25) is 0 Å². The molecule has 0 bridgehead atoms. The van der Waals surface area contributed by atoms with Gasteiger partial charge in [-0.15, -0.1) is 0 Å². The zero-order valence-corrected chi connectivity index (χ0v) is 11.7. The van der Waals surface area contributed by atoms with Crippen molar-refractivity contribution in [2.75, 3.05) is 0 Å². The van der Waals surface area contributed by atoms with Gasteiger partial charge in [0.2, 0.25) is 6.85 Å². The van der Waals surface area contributed by atoms with Crippen molar-refractivity contribution in [1.82, 2.24) is 0 Å². The Bertz CT molecular complexity index is 131. The Hall–Kier alpha value is 0.970. The Labute approximate surface area is 98.9 Å². The quantitative estimate of drug-likeness (QED) is 0.577. The second-order valence-corrected chi connectivity index (χ2v) is 6.88. The van der Waals surface area contributed by atoms with Crippen molar-refractivity contribution < 1.29 is 4.52 Å². The first-order valence-corrected chi connectivity index (χ1v) is 8.45. The second-order valence-electron chi connectivity index (χ2n) is 3.91. The first-order valence-electron chi connectivity index (χ1n) is 5.38. The molecule has 2 atom stereocenters. The third-order valence-electron chi connectivity index (χ3n) is 2.12. The van der Waals surface area contributed by atoms with Crippen molar-refractivity contribution in [1.29, 1.82) is 0 Å². The summed E-state index contributed by atoms with van der Waals surface area (Å²) in [4.78, 5) is 0. The van der Waals surface area contributed by atoms with Crippen LogP contribution >= 0.6 is 29.3 Å². The zero-order valence-electron chi connectivity index (χ0n) is 9.30. The van der Waals surface area contributed by atoms with Crippen LogP contribution in [0.25, 0.3) is 0 Å². The molecule has 1 nitrogen and oxygen atoms in total. The van der Waals surface area contributed by atoms with Crippen molar-refractivity contribution in [3.63, 3.8) is 0 Å². The molecule has 1 saturated carbocycles. The van der Waals surface area contributed by atoms with Crippen molar-refractivity contribution in [2.24, 2.45) is 5.92 Å². The van der Waals surface area contributed by atoms with Crippen LogP contribution in [-0.2, 0) is 4.52 Å². The Morgan fingerprint density at radius 1 is 1.29 bits per heavy atom. The fraction of sp³-hybridized carbons (Fsp3) is 1.00. The molecule has 0 aliphatic heterocycles. The van der Waals surface area contributed by atoms with E-state index in [0.717, 1.165) is 18.8 Å². The molecule has 0 radical (unpaired) electrons. The maximum Gasteiger partial charge on any atom is 0.225 e. The molecule has 1 aliphatic rings. The van der Waals surface area contributed by atoms with Gasteiger partial charge in [-0.05, 0) is 41.2 Å². The Balaban J connectivity index is 0.000000500. The first-order chi connectivity index (χ1) is 6.60. The van der Waals surface area contributed by atoms with Gasteiger partial charge in [-0.1, -0.05) is 40.0 Å². The van der Waals surface area contributed by atoms with E-state index in [-0.39, 0.29) is 0 Å². The van der Waals surface area contributed by atoms with E-state index < -0.39 is 6.85 Å². The van der Waals surface area contributed by atoms with Crippen LogP contribution in [0.4, 0.5) is 0 Å². The lowest BCUT2D eigenvalue weighted by molar-refractivity contribution is 0.150. The number of hydrogen-bond donors (Lipinski definition) is 0. The van der Waals surface area contributed by atoms with E-state index in [2.05, 4.69) is 20.8 Å². The van der Waals surface area contributed by atoms with Crippen molar-refractivity contribution in [2.45, 2.75) is 59.0 Å². The highest BCUT2D eigenvalue weighted by molar-refractivity contribution is 8.00. The number of rotatable bonds is 2. The lowest BCUT2D eigenvalue weighted by atomic mass is 9.89. The molecule has 4 heteroatoms. The standard InChI is InChI=1S/C7H13Cl2OP.C3H8/c1-6-3-2-4-7(5-6)10-11(8)9;1-3-2/h6-7H,2-5H2,1H3;3H2,1-2H3. The first kappa shape index (κ1) is 15.0. The predicted molar refractivity (Wildman–Crippen MR) is 67.1 cm³/mol. The molecule has 1 aliphatic carbocycles. The minimum Gasteiger partial charge on any atom is -0.328 e. The van der Waals surface area contributed by atoms with E-state index in [9.17, 15) is 0 Å². The second kappa shape index (κ2) is 9.21. The molecule has 1 rings (SSSR count). The van der Waals surface area contributed by atoms with E-state index in [1.165, 1.54) is 19.3 Å². The lowest BCUT2D eigenvalue weighted by Crippen LogP contribution is -2.18. The van der Waals surface area contributed by atoms with Crippen molar-refractivity contribution >= 4 is 29.3 Å². The molecule has 0 saturated heterocycles. The minimum atomic E-state index is -1.20. The predicted octanol–water partition coefficient (Wildman–Crippen LogP) is 5.70. The van der Waals surface area contributed by atoms with Crippen LogP contribution in [0.1, 0.15) is 52.9 Å². The maximum absolute atomic E-state index is 5.57. The van der Waals surface area contributed by atoms with Crippen LogP contribution < -0.4 is 0 Å². The Morgan fingerprint density at radius 2 is 1.86 bits per heavy atom. The molecular weight excluding hydrogens is 238 g/mol. The summed E-state index contributed by atoms with van der Waals surface area (Å²) >= 11 is 11.1. The van der Waals surface area contributed by atoms with Crippen molar-refractivity contribution in [3.05, 3.63) is 0 Å². The van der Waals surface area contributed by atoms with Gasteiger partial charge >= 0.3 is 0 Å². The topological polar surface area (TPSA) is 9.23 Å². The van der Waals surface area contributed by atoms with E-state index in [1.807, 2.05) is 0 Å². The minimum absolute atomic E-state index is 0.319. The summed E-state index contributed by atoms with van der Waals surface area (Å²) in [6.45, 7) is 5.30. The highest BCUT2D eigenvalue weighted by Gasteiger charge is 2.21. The summed E-state index contributed by atoms with van der Waals surface area (Å²) in [7, 11) is 0. The van der Waals surface area contributed by atoms with Gasteiger partial charge in [0.05, 0.1) is 6.10 Å². The zero-order chi connectivity index (χ0) is 11.0. The summed E-state index contributed by atoms with van der Waals surface area (Å²) in [5, 5.41) is 0. The van der Waals surface area contributed by atoms with Crippen LogP contribution in [0.3, 0.4) is 0 Å². The van der Waals surface area contributed by atoms with E-state index in [1.54, 1.807) is 0 Å². The fourth-order valence-electron chi connectivity index (χ4n) is 1.59. The summed E-state index contributed by atoms with van der Waals surface area (Å²) in [5.41, 5.74) is 0. The van der Waals surface area contributed by atoms with Crippen molar-refractivity contribution in [3.8, 4) is 0 Å². The molecule has 0 N–H and O–H groups in total. The van der Waals surface area contributed by atoms with Gasteiger partial charge in [0.1, 0.15) is 0 Å². The molecule has 86 valence electrons. The van der Waals surface area contributed by atoms with Crippen LogP contribution in [0.5, 0.6) is 0 Å². The molecule has 0 aromatic heterocycles. The Morgan fingerprint density at radius 3 is 2.29 bits per heavy atom. The van der Waals surface area contributed by atoms with Crippen LogP contribution in [0, 0.1) is 5.92 Å². The van der Waals surface area contributed by atoms with Gasteiger partial charge < -0.3 is 4.52 Å². The summed E-state index contributed by atoms with van der Waals surface area (Å²) < 4.78 is 5.36. The van der Waals surface area contributed by atoms with Gasteiger partial charge in [0.25, 0.3) is 0 Å². The van der Waals surface area contributed by atoms with Gasteiger partial charge in [0.15, 0.2) is 0 Å². The summed E-state index contributed by atoms with van der Waals surface area (Å²) in [6.07, 6.45) is 6.39. The summed E-state index contributed by atoms with van der Waals surface area (Å²) in [5.74, 6) is 0.775. The molecule has 1 fully saturated rings. The fourth-order valence-corrected chi connectivity index (χ4v) is 2.68. The summed E-state index contributed by atoms with van der Waals surface area (Å²) in [6, 6.07) is 0. The molecule has 14 heavy (non-hydrogen) atoms. The average molecular weight is 259 g/mol. The number of halogens is 2. The molecule has 0 heterocycles. The van der Waals surface area contributed by atoms with Crippen LogP contribution in [0.2, 0.25) is 0 Å². The molecule has 0 aromatic rings.